The van der Waals surface area contributed by atoms with E-state index in [0.29, 0.717) is 35.4 Å². The van der Waals surface area contributed by atoms with E-state index in [0.717, 1.165) is 0 Å². The van der Waals surface area contributed by atoms with Gasteiger partial charge in [-0.3, -0.25) is 9.59 Å². The lowest BCUT2D eigenvalue weighted by atomic mass is 10.2. The first kappa shape index (κ1) is 24.9. The molecule has 32 heavy (non-hydrogen) atoms. The van der Waals surface area contributed by atoms with Crippen LogP contribution in [0.3, 0.4) is 0 Å². The molecule has 0 heterocycles. The predicted octanol–water partition coefficient (Wildman–Crippen LogP) is 4.83. The monoisotopic (exact) mass is 463 g/mol. The number of nitrogens with zero attached hydrogens (tertiary/aromatic N) is 2. The number of benzene rings is 2. The minimum absolute atomic E-state index is 0.220. The summed E-state index contributed by atoms with van der Waals surface area (Å²) in [5.74, 6) is 0.331. The Morgan fingerprint density at radius 1 is 1.03 bits per heavy atom. The van der Waals surface area contributed by atoms with Crippen LogP contribution in [0, 0.1) is 0 Å². The molecule has 1 unspecified atom stereocenters. The second-order valence-electron chi connectivity index (χ2n) is 6.37. The van der Waals surface area contributed by atoms with Crippen molar-refractivity contribution in [2.75, 3.05) is 32.8 Å². The fraction of sp³-hybridized carbons (Fsp3) is 0.364. The zero-order chi connectivity index (χ0) is 23.7. The molecule has 1 atom stereocenters. The molecule has 10 heteroatoms. The van der Waals surface area contributed by atoms with Crippen molar-refractivity contribution in [1.82, 2.24) is 0 Å². The van der Waals surface area contributed by atoms with Gasteiger partial charge in [-0.05, 0) is 45.0 Å². The summed E-state index contributed by atoms with van der Waals surface area (Å²) in [7, 11) is 2.84. The van der Waals surface area contributed by atoms with Gasteiger partial charge in [0.2, 0.25) is 6.04 Å². The van der Waals surface area contributed by atoms with E-state index in [4.69, 9.17) is 30.5 Å². The summed E-state index contributed by atoms with van der Waals surface area (Å²) in [5.41, 5.74) is 0.636. The highest BCUT2D eigenvalue weighted by Gasteiger charge is 2.25. The van der Waals surface area contributed by atoms with Crippen LogP contribution >= 0.6 is 11.6 Å². The summed E-state index contributed by atoms with van der Waals surface area (Å²) in [4.78, 5) is 24.9. The van der Waals surface area contributed by atoms with Crippen LogP contribution in [0.15, 0.2) is 40.6 Å². The minimum Gasteiger partial charge on any atom is -0.494 e. The third-order valence-electron chi connectivity index (χ3n) is 4.19. The first-order chi connectivity index (χ1) is 15.4. The molecule has 172 valence electrons. The Morgan fingerprint density at radius 3 is 2.31 bits per heavy atom. The fourth-order valence-corrected chi connectivity index (χ4v) is 3.00. The van der Waals surface area contributed by atoms with Gasteiger partial charge in [-0.15, -0.1) is 0 Å². The van der Waals surface area contributed by atoms with Crippen LogP contribution in [-0.2, 0) is 9.59 Å². The summed E-state index contributed by atoms with van der Waals surface area (Å²) in [6.07, 6.45) is 0. The van der Waals surface area contributed by atoms with E-state index in [1.165, 1.54) is 33.3 Å². The lowest BCUT2D eigenvalue weighted by Gasteiger charge is -2.16. The third-order valence-corrected chi connectivity index (χ3v) is 4.48. The maximum Gasteiger partial charge on any atom is 0.258 e. The summed E-state index contributed by atoms with van der Waals surface area (Å²) in [5, 5.41) is 11.0. The number of hydrogen-bond acceptors (Lipinski definition) is 8. The van der Waals surface area contributed by atoms with Gasteiger partial charge in [-0.1, -0.05) is 11.6 Å². The Bertz CT molecular complexity index is 996. The quantitative estimate of drug-likeness (QED) is 0.377. The zero-order valence-corrected chi connectivity index (χ0v) is 19.4. The molecule has 0 spiro atoms. The molecule has 2 aromatic carbocycles. The molecule has 1 amide bonds. The SMILES string of the molecule is CCOc1ccc(N=NC(C(C)=O)C(=O)Nc2ccc(Cl)c(OC)c2OC)c(OCC)c1. The molecule has 2 rings (SSSR count). The summed E-state index contributed by atoms with van der Waals surface area (Å²) in [6.45, 7) is 5.85. The molecule has 0 saturated carbocycles. The highest BCUT2D eigenvalue weighted by Crippen LogP contribution is 2.41. The molecule has 9 nitrogen and oxygen atoms in total. The molecule has 2 aromatic rings. The summed E-state index contributed by atoms with van der Waals surface area (Å²) >= 11 is 6.09. The molecule has 0 bridgehead atoms. The average Bonchev–Trinajstić information content (AvgIpc) is 2.76. The van der Waals surface area contributed by atoms with E-state index in [2.05, 4.69) is 15.5 Å². The van der Waals surface area contributed by atoms with E-state index in [9.17, 15) is 9.59 Å². The molecule has 0 saturated heterocycles. The molecule has 0 fully saturated rings. The number of Topliss-reactive ketones (excluding diaryl/α,β-unsaturated/α-hetero) is 1. The van der Waals surface area contributed by atoms with Crippen LogP contribution in [0.5, 0.6) is 23.0 Å². The van der Waals surface area contributed by atoms with Crippen LogP contribution in [0.4, 0.5) is 11.4 Å². The summed E-state index contributed by atoms with van der Waals surface area (Å²) in [6, 6.07) is 6.71. The van der Waals surface area contributed by atoms with Gasteiger partial charge < -0.3 is 24.3 Å². The maximum absolute atomic E-state index is 12.8. The second-order valence-corrected chi connectivity index (χ2v) is 6.78. The number of carbonyl (C=O) groups excluding carboxylic acids is 2. The van der Waals surface area contributed by atoms with Crippen molar-refractivity contribution in [2.45, 2.75) is 26.8 Å². The number of anilines is 1. The number of ketones is 1. The van der Waals surface area contributed by atoms with Gasteiger partial charge in [-0.2, -0.15) is 10.2 Å². The van der Waals surface area contributed by atoms with Gasteiger partial charge in [0.05, 0.1) is 38.1 Å². The number of nitrogens with one attached hydrogen (secondary N) is 1. The van der Waals surface area contributed by atoms with E-state index in [1.54, 1.807) is 18.2 Å². The highest BCUT2D eigenvalue weighted by atomic mass is 35.5. The number of hydrogen-bond donors (Lipinski definition) is 1. The van der Waals surface area contributed by atoms with Crippen molar-refractivity contribution in [3.05, 3.63) is 35.4 Å². The van der Waals surface area contributed by atoms with E-state index < -0.39 is 17.7 Å². The topological polar surface area (TPSA) is 108 Å². The van der Waals surface area contributed by atoms with Gasteiger partial charge in [0.25, 0.3) is 5.91 Å². The second kappa shape index (κ2) is 11.9. The molecule has 0 aromatic heterocycles. The minimum atomic E-state index is -1.39. The van der Waals surface area contributed by atoms with Crippen molar-refractivity contribution in [3.8, 4) is 23.0 Å². The molecule has 0 radical (unpaired) electrons. The predicted molar refractivity (Wildman–Crippen MR) is 121 cm³/mol. The van der Waals surface area contributed by atoms with Crippen molar-refractivity contribution < 1.29 is 28.5 Å². The first-order valence-electron chi connectivity index (χ1n) is 9.88. The Balaban J connectivity index is 2.31. The zero-order valence-electron chi connectivity index (χ0n) is 18.6. The normalized spacial score (nSPS) is 11.7. The van der Waals surface area contributed by atoms with E-state index in [1.807, 2.05) is 13.8 Å². The van der Waals surface area contributed by atoms with Crippen LogP contribution in [0.25, 0.3) is 0 Å². The third kappa shape index (κ3) is 6.10. The number of carbonyl (C=O) groups is 2. The molecule has 0 aliphatic heterocycles. The van der Waals surface area contributed by atoms with E-state index >= 15 is 0 Å². The number of ether oxygens (including phenoxy) is 4. The fourth-order valence-electron chi connectivity index (χ4n) is 2.77. The molecule has 0 aliphatic carbocycles. The Labute approximate surface area is 191 Å². The largest absolute Gasteiger partial charge is 0.494 e. The van der Waals surface area contributed by atoms with Crippen LogP contribution in [0.2, 0.25) is 5.02 Å². The molecular formula is C22H26ClN3O6. The maximum atomic E-state index is 12.8. The number of rotatable bonds is 11. The van der Waals surface area contributed by atoms with Gasteiger partial charge in [0.1, 0.15) is 17.2 Å². The van der Waals surface area contributed by atoms with Crippen molar-refractivity contribution in [2.24, 2.45) is 10.2 Å². The van der Waals surface area contributed by atoms with Crippen LogP contribution < -0.4 is 24.3 Å². The van der Waals surface area contributed by atoms with Crippen LogP contribution in [0.1, 0.15) is 20.8 Å². The Morgan fingerprint density at radius 2 is 1.72 bits per heavy atom. The van der Waals surface area contributed by atoms with Gasteiger partial charge >= 0.3 is 0 Å². The van der Waals surface area contributed by atoms with Gasteiger partial charge in [0.15, 0.2) is 17.3 Å². The van der Waals surface area contributed by atoms with Crippen molar-refractivity contribution in [3.63, 3.8) is 0 Å². The lowest BCUT2D eigenvalue weighted by Crippen LogP contribution is -2.32. The number of azo groups is 1. The average molecular weight is 464 g/mol. The Hall–Kier alpha value is -3.33. The molecule has 0 aliphatic rings. The number of halogens is 1. The summed E-state index contributed by atoms with van der Waals surface area (Å²) < 4.78 is 21.6. The number of methoxy groups -OCH3 is 2. The lowest BCUT2D eigenvalue weighted by molar-refractivity contribution is -0.126. The highest BCUT2D eigenvalue weighted by molar-refractivity contribution is 6.32. The Kier molecular flexibility index (Phi) is 9.27. The van der Waals surface area contributed by atoms with Gasteiger partial charge in [0, 0.05) is 6.07 Å². The molecular weight excluding hydrogens is 438 g/mol. The van der Waals surface area contributed by atoms with Crippen LogP contribution in [-0.4, -0.2) is 45.2 Å². The van der Waals surface area contributed by atoms with Gasteiger partial charge in [-0.25, -0.2) is 0 Å². The van der Waals surface area contributed by atoms with Crippen molar-refractivity contribution in [1.29, 1.82) is 0 Å². The first-order valence-corrected chi connectivity index (χ1v) is 10.3. The smallest absolute Gasteiger partial charge is 0.258 e. The van der Waals surface area contributed by atoms with E-state index in [-0.39, 0.29) is 17.2 Å². The number of amides is 1. The molecule has 1 N–H and O–H groups in total. The standard InChI is InChI=1S/C22H26ClN3O6/c1-6-31-14-8-10-16(18(12-14)32-7-2)25-26-19(13(3)27)22(28)24-17-11-9-15(23)20(29-4)21(17)30-5/h8-12,19H,6-7H2,1-5H3,(H,24,28). The van der Waals surface area contributed by atoms with Crippen molar-refractivity contribution >= 4 is 34.7 Å².